The SMILES string of the molecule is CCC(=O)N1CCC(Oc2ccc(-c3ccc4c(C)ncc(C)c4c3)cc2)CC1. The summed E-state index contributed by atoms with van der Waals surface area (Å²) >= 11 is 0. The van der Waals surface area contributed by atoms with Crippen LogP contribution in [0.5, 0.6) is 5.75 Å². The summed E-state index contributed by atoms with van der Waals surface area (Å²) in [4.78, 5) is 18.2. The van der Waals surface area contributed by atoms with Crippen LogP contribution in [-0.2, 0) is 4.79 Å². The summed E-state index contributed by atoms with van der Waals surface area (Å²) in [5.41, 5.74) is 4.63. The molecule has 2 heterocycles. The smallest absolute Gasteiger partial charge is 0.222 e. The van der Waals surface area contributed by atoms with Crippen molar-refractivity contribution in [3.8, 4) is 16.9 Å². The molecule has 1 aliphatic heterocycles. The molecule has 29 heavy (non-hydrogen) atoms. The maximum atomic E-state index is 11.8. The number of fused-ring (bicyclic) bond motifs is 1. The minimum absolute atomic E-state index is 0.181. The largest absolute Gasteiger partial charge is 0.490 e. The Morgan fingerprint density at radius 2 is 1.72 bits per heavy atom. The van der Waals surface area contributed by atoms with Gasteiger partial charge in [-0.3, -0.25) is 9.78 Å². The van der Waals surface area contributed by atoms with Gasteiger partial charge < -0.3 is 9.64 Å². The average Bonchev–Trinajstić information content (AvgIpc) is 2.76. The van der Waals surface area contributed by atoms with E-state index in [2.05, 4.69) is 49.2 Å². The summed E-state index contributed by atoms with van der Waals surface area (Å²) < 4.78 is 6.17. The molecule has 0 atom stereocenters. The van der Waals surface area contributed by atoms with E-state index < -0.39 is 0 Å². The Labute approximate surface area is 172 Å². The van der Waals surface area contributed by atoms with E-state index in [0.29, 0.717) is 6.42 Å². The average molecular weight is 389 g/mol. The number of ether oxygens (including phenoxy) is 1. The minimum atomic E-state index is 0.181. The van der Waals surface area contributed by atoms with E-state index in [1.54, 1.807) is 0 Å². The molecule has 150 valence electrons. The highest BCUT2D eigenvalue weighted by atomic mass is 16.5. The molecule has 4 nitrogen and oxygen atoms in total. The van der Waals surface area contributed by atoms with E-state index >= 15 is 0 Å². The number of pyridine rings is 1. The highest BCUT2D eigenvalue weighted by molar-refractivity contribution is 5.91. The molecule has 0 radical (unpaired) electrons. The normalized spacial score (nSPS) is 14.9. The van der Waals surface area contributed by atoms with Crippen LogP contribution in [0.25, 0.3) is 21.9 Å². The highest BCUT2D eigenvalue weighted by Gasteiger charge is 2.22. The van der Waals surface area contributed by atoms with Crippen molar-refractivity contribution in [2.75, 3.05) is 13.1 Å². The van der Waals surface area contributed by atoms with Crippen LogP contribution in [0.2, 0.25) is 0 Å². The van der Waals surface area contributed by atoms with Crippen molar-refractivity contribution in [1.82, 2.24) is 9.88 Å². The summed E-state index contributed by atoms with van der Waals surface area (Å²) in [7, 11) is 0. The minimum Gasteiger partial charge on any atom is -0.490 e. The molecule has 0 bridgehead atoms. The zero-order valence-corrected chi connectivity index (χ0v) is 17.4. The first kappa shape index (κ1) is 19.4. The number of nitrogens with zero attached hydrogens (tertiary/aromatic N) is 2. The number of aryl methyl sites for hydroxylation is 2. The Balaban J connectivity index is 1.45. The lowest BCUT2D eigenvalue weighted by atomic mass is 9.99. The number of aromatic nitrogens is 1. The number of hydrogen-bond acceptors (Lipinski definition) is 3. The Bertz CT molecular complexity index is 1020. The van der Waals surface area contributed by atoms with Gasteiger partial charge in [-0.2, -0.15) is 0 Å². The van der Waals surface area contributed by atoms with Crippen LogP contribution in [0, 0.1) is 13.8 Å². The standard InChI is InChI=1S/C25H28N2O2/c1-4-25(28)27-13-11-22(12-14-27)29-21-8-5-19(6-9-21)20-7-10-23-18(3)26-16-17(2)24(23)15-20/h5-10,15-16,22H,4,11-14H2,1-3H3. The van der Waals surface area contributed by atoms with E-state index in [-0.39, 0.29) is 12.0 Å². The topological polar surface area (TPSA) is 42.4 Å². The van der Waals surface area contributed by atoms with Crippen LogP contribution in [-0.4, -0.2) is 35.0 Å². The van der Waals surface area contributed by atoms with Crippen LogP contribution in [0.3, 0.4) is 0 Å². The Kier molecular flexibility index (Phi) is 5.52. The number of piperidine rings is 1. The van der Waals surface area contributed by atoms with E-state index in [1.165, 1.54) is 27.5 Å². The summed E-state index contributed by atoms with van der Waals surface area (Å²) in [6.45, 7) is 7.66. The number of likely N-dealkylation sites (tertiary alicyclic amines) is 1. The lowest BCUT2D eigenvalue weighted by Gasteiger charge is -2.32. The van der Waals surface area contributed by atoms with Crippen molar-refractivity contribution in [3.05, 3.63) is 59.9 Å². The maximum absolute atomic E-state index is 11.8. The lowest BCUT2D eigenvalue weighted by Crippen LogP contribution is -2.41. The molecule has 1 fully saturated rings. The molecule has 1 amide bonds. The first-order valence-electron chi connectivity index (χ1n) is 10.5. The molecule has 1 aromatic heterocycles. The molecular weight excluding hydrogens is 360 g/mol. The molecule has 0 aliphatic carbocycles. The van der Waals surface area contributed by atoms with E-state index in [4.69, 9.17) is 4.74 Å². The van der Waals surface area contributed by atoms with Gasteiger partial charge in [0.05, 0.1) is 0 Å². The number of amides is 1. The summed E-state index contributed by atoms with van der Waals surface area (Å²) in [5.74, 6) is 1.13. The van der Waals surface area contributed by atoms with E-state index in [0.717, 1.165) is 37.4 Å². The molecule has 1 saturated heterocycles. The van der Waals surface area contributed by atoms with Gasteiger partial charge in [0.15, 0.2) is 0 Å². The number of benzene rings is 2. The molecule has 0 N–H and O–H groups in total. The Morgan fingerprint density at radius 1 is 1.03 bits per heavy atom. The second-order valence-electron chi connectivity index (χ2n) is 7.86. The molecule has 0 saturated carbocycles. The molecular formula is C25H28N2O2. The quantitative estimate of drug-likeness (QED) is 0.609. The molecule has 0 unspecified atom stereocenters. The zero-order valence-electron chi connectivity index (χ0n) is 17.4. The van der Waals surface area contributed by atoms with Crippen LogP contribution < -0.4 is 4.74 Å². The van der Waals surface area contributed by atoms with Crippen molar-refractivity contribution >= 4 is 16.7 Å². The van der Waals surface area contributed by atoms with Gasteiger partial charge in [-0.15, -0.1) is 0 Å². The molecule has 3 aromatic rings. The van der Waals surface area contributed by atoms with Crippen molar-refractivity contribution in [1.29, 1.82) is 0 Å². The maximum Gasteiger partial charge on any atom is 0.222 e. The third kappa shape index (κ3) is 4.12. The third-order valence-corrected chi connectivity index (χ3v) is 5.87. The fraction of sp³-hybridized carbons (Fsp3) is 0.360. The third-order valence-electron chi connectivity index (χ3n) is 5.87. The van der Waals surface area contributed by atoms with Gasteiger partial charge >= 0.3 is 0 Å². The Hall–Kier alpha value is -2.88. The second kappa shape index (κ2) is 8.24. The predicted octanol–water partition coefficient (Wildman–Crippen LogP) is 5.30. The van der Waals surface area contributed by atoms with Crippen LogP contribution in [0.1, 0.15) is 37.4 Å². The van der Waals surface area contributed by atoms with E-state index in [1.807, 2.05) is 30.2 Å². The predicted molar refractivity (Wildman–Crippen MR) is 117 cm³/mol. The molecule has 2 aromatic carbocycles. The van der Waals surface area contributed by atoms with Crippen molar-refractivity contribution in [3.63, 3.8) is 0 Å². The summed E-state index contributed by atoms with van der Waals surface area (Å²) in [6, 6.07) is 14.9. The van der Waals surface area contributed by atoms with Crippen LogP contribution >= 0.6 is 0 Å². The van der Waals surface area contributed by atoms with Gasteiger partial charge in [-0.25, -0.2) is 0 Å². The van der Waals surface area contributed by atoms with Gasteiger partial charge in [0, 0.05) is 49.6 Å². The van der Waals surface area contributed by atoms with E-state index in [9.17, 15) is 4.79 Å². The molecule has 4 rings (SSSR count). The highest BCUT2D eigenvalue weighted by Crippen LogP contribution is 2.29. The number of carbonyl (C=O) groups excluding carboxylic acids is 1. The summed E-state index contributed by atoms with van der Waals surface area (Å²) in [5, 5.41) is 2.46. The molecule has 0 spiro atoms. The number of rotatable bonds is 4. The zero-order chi connectivity index (χ0) is 20.4. The monoisotopic (exact) mass is 388 g/mol. The number of carbonyl (C=O) groups is 1. The Morgan fingerprint density at radius 3 is 2.41 bits per heavy atom. The van der Waals surface area contributed by atoms with Crippen molar-refractivity contribution < 1.29 is 9.53 Å². The van der Waals surface area contributed by atoms with Crippen LogP contribution in [0.15, 0.2) is 48.7 Å². The van der Waals surface area contributed by atoms with Crippen LogP contribution in [0.4, 0.5) is 0 Å². The first-order chi connectivity index (χ1) is 14.0. The first-order valence-corrected chi connectivity index (χ1v) is 10.5. The fourth-order valence-electron chi connectivity index (χ4n) is 4.06. The molecule has 4 heteroatoms. The lowest BCUT2D eigenvalue weighted by molar-refractivity contribution is -0.132. The summed E-state index contributed by atoms with van der Waals surface area (Å²) in [6.07, 6.45) is 4.49. The van der Waals surface area contributed by atoms with Gasteiger partial charge in [0.2, 0.25) is 5.91 Å². The van der Waals surface area contributed by atoms with Crippen molar-refractivity contribution in [2.45, 2.75) is 46.1 Å². The second-order valence-corrected chi connectivity index (χ2v) is 7.86. The molecule has 1 aliphatic rings. The van der Waals surface area contributed by atoms with Gasteiger partial charge in [0.25, 0.3) is 0 Å². The fourth-order valence-corrected chi connectivity index (χ4v) is 4.06. The van der Waals surface area contributed by atoms with Gasteiger partial charge in [-0.1, -0.05) is 31.2 Å². The van der Waals surface area contributed by atoms with Gasteiger partial charge in [-0.05, 0) is 54.1 Å². The number of hydrogen-bond donors (Lipinski definition) is 0. The van der Waals surface area contributed by atoms with Gasteiger partial charge in [0.1, 0.15) is 11.9 Å². The van der Waals surface area contributed by atoms with Crippen molar-refractivity contribution in [2.24, 2.45) is 0 Å².